The summed E-state index contributed by atoms with van der Waals surface area (Å²) in [5, 5.41) is 4.38. The van der Waals surface area contributed by atoms with Crippen molar-refractivity contribution in [3.8, 4) is 12.8 Å². The number of hydrogen-bond donors (Lipinski definition) is 1. The Kier molecular flexibility index (Phi) is 25.3. The normalized spacial score (nSPS) is 11.1. The van der Waals surface area contributed by atoms with E-state index in [1.165, 1.54) is 59.1 Å². The van der Waals surface area contributed by atoms with Crippen LogP contribution in [0.4, 0.5) is 0 Å². The first kappa shape index (κ1) is 36.9. The van der Waals surface area contributed by atoms with Gasteiger partial charge in [0.25, 0.3) is 0 Å². The Labute approximate surface area is 235 Å². The third-order valence-electron chi connectivity index (χ3n) is 5.68. The Hall–Kier alpha value is -2.27. The molecule has 2 heteroatoms. The van der Waals surface area contributed by atoms with Crippen LogP contribution < -0.4 is 5.32 Å². The van der Waals surface area contributed by atoms with Crippen molar-refractivity contribution in [3.05, 3.63) is 93.0 Å². The maximum absolute atomic E-state index is 6.60. The van der Waals surface area contributed by atoms with Crippen molar-refractivity contribution >= 4 is 11.6 Å². The molecule has 2 aromatic carbocycles. The van der Waals surface area contributed by atoms with Gasteiger partial charge in [0.2, 0.25) is 0 Å². The van der Waals surface area contributed by atoms with E-state index in [0.717, 1.165) is 37.4 Å². The van der Waals surface area contributed by atoms with E-state index in [0.29, 0.717) is 0 Å². The summed E-state index contributed by atoms with van der Waals surface area (Å²) in [5.41, 5.74) is 7.94. The van der Waals surface area contributed by atoms with E-state index in [4.69, 9.17) is 11.6 Å². The third-order valence-corrected chi connectivity index (χ3v) is 6.11. The number of halogens is 1. The maximum Gasteiger partial charge on any atom is 0.0398 e. The van der Waals surface area contributed by atoms with Crippen molar-refractivity contribution in [2.24, 2.45) is 0 Å². The van der Waals surface area contributed by atoms with Gasteiger partial charge >= 0.3 is 0 Å². The summed E-state index contributed by atoms with van der Waals surface area (Å²) in [7, 11) is 0. The number of nitrogens with one attached hydrogen (secondary N) is 1. The highest BCUT2D eigenvalue weighted by Crippen LogP contribution is 2.19. The van der Waals surface area contributed by atoms with Crippen LogP contribution in [0.2, 0.25) is 0 Å². The van der Waals surface area contributed by atoms with E-state index in [2.05, 4.69) is 114 Å². The van der Waals surface area contributed by atoms with Crippen LogP contribution >= 0.6 is 11.6 Å². The molecule has 1 nitrogen and oxygen atoms in total. The molecule has 0 amide bonds. The lowest BCUT2D eigenvalue weighted by molar-refractivity contribution is 0.727. The second kappa shape index (κ2) is 25.4. The first-order chi connectivity index (χ1) is 17.9. The number of benzene rings is 2. The molecule has 0 aliphatic rings. The molecule has 0 aromatic heterocycles. The molecule has 0 spiro atoms. The fraction of sp³-hybridized carbons (Fsp3) is 0.486. The van der Waals surface area contributed by atoms with Gasteiger partial charge in [-0.1, -0.05) is 131 Å². The number of terminal acetylenes is 1. The minimum atomic E-state index is 0.863. The van der Waals surface area contributed by atoms with E-state index in [-0.39, 0.29) is 0 Å². The van der Waals surface area contributed by atoms with Crippen LogP contribution in [0, 0.1) is 19.8 Å². The summed E-state index contributed by atoms with van der Waals surface area (Å²) in [5.74, 6) is 0. The lowest BCUT2D eigenvalue weighted by atomic mass is 10.0. The topological polar surface area (TPSA) is 12.0 Å². The van der Waals surface area contributed by atoms with E-state index in [9.17, 15) is 0 Å². The van der Waals surface area contributed by atoms with Crippen LogP contribution in [-0.2, 0) is 19.3 Å². The van der Waals surface area contributed by atoms with Gasteiger partial charge in [0, 0.05) is 11.6 Å². The van der Waals surface area contributed by atoms with E-state index >= 15 is 0 Å². The van der Waals surface area contributed by atoms with Crippen LogP contribution in [0.5, 0.6) is 0 Å². The van der Waals surface area contributed by atoms with Gasteiger partial charge in [-0.2, -0.15) is 0 Å². The monoisotopic (exact) mass is 523 g/mol. The van der Waals surface area contributed by atoms with Crippen LogP contribution in [0.1, 0.15) is 96.4 Å². The number of unbranched alkanes of at least 4 members (excludes halogenated alkanes) is 2. The van der Waals surface area contributed by atoms with Crippen LogP contribution in [0.15, 0.2) is 70.8 Å². The predicted octanol–water partition coefficient (Wildman–Crippen LogP) is 10.3. The van der Waals surface area contributed by atoms with Gasteiger partial charge in [-0.3, -0.25) is 0 Å². The largest absolute Gasteiger partial charge is 0.313 e. The fourth-order valence-electron chi connectivity index (χ4n) is 3.33. The number of rotatable bonds is 12. The highest BCUT2D eigenvalue weighted by atomic mass is 35.5. The highest BCUT2D eigenvalue weighted by molar-refractivity contribution is 6.31. The standard InChI is InChI=1S/C27H36ClN.C4H10.C2H6.C2H2/c1-5-6-8-25-9-7-10-26(19-25)18-23(4)27(28)17-22(3)20-29-16-15-24-13-11-21(2)12-14-24;1-3-4-2;2*1-2/h7,9-14,17,19,29H,5-6,8,15-16,18,20H2,1-4H3;3-4H2,1-2H3;1-2H3;1-2H/b22-17+,27-23-;;;. The SMILES string of the molecule is C#C.CC.CCCC.CCCCc1cccc(C/C(C)=C(Cl)/C=C(\C)CNCCc2ccc(C)cc2)c1. The number of aryl methyl sites for hydroxylation is 2. The second-order valence-corrected chi connectivity index (χ2v) is 9.54. The zero-order valence-electron chi connectivity index (χ0n) is 25.1. The molecule has 2 aromatic rings. The molecule has 0 radical (unpaired) electrons. The van der Waals surface area contributed by atoms with Crippen molar-refractivity contribution in [2.45, 2.75) is 100 Å². The average Bonchev–Trinajstić information content (AvgIpc) is 2.93. The van der Waals surface area contributed by atoms with Crippen LogP contribution in [-0.4, -0.2) is 13.1 Å². The molecule has 0 bridgehead atoms. The lowest BCUT2D eigenvalue weighted by Gasteiger charge is -2.08. The Bertz CT molecular complexity index is 885. The molecule has 0 heterocycles. The molecular weight excluding hydrogens is 470 g/mol. The van der Waals surface area contributed by atoms with Crippen molar-refractivity contribution < 1.29 is 0 Å². The Morgan fingerprint density at radius 3 is 2.00 bits per heavy atom. The van der Waals surface area contributed by atoms with Crippen molar-refractivity contribution in [3.63, 3.8) is 0 Å². The van der Waals surface area contributed by atoms with Gasteiger partial charge in [0.05, 0.1) is 0 Å². The minimum absolute atomic E-state index is 0.863. The molecule has 0 aliphatic heterocycles. The fourth-order valence-corrected chi connectivity index (χ4v) is 3.58. The summed E-state index contributed by atoms with van der Waals surface area (Å²) >= 11 is 6.60. The smallest absolute Gasteiger partial charge is 0.0398 e. The van der Waals surface area contributed by atoms with Crippen LogP contribution in [0.3, 0.4) is 0 Å². The zero-order valence-corrected chi connectivity index (χ0v) is 25.8. The lowest BCUT2D eigenvalue weighted by Crippen LogP contribution is -2.19. The van der Waals surface area contributed by atoms with E-state index in [1.807, 2.05) is 13.8 Å². The third kappa shape index (κ3) is 19.5. The molecule has 0 aliphatic carbocycles. The van der Waals surface area contributed by atoms with Crippen molar-refractivity contribution in [1.82, 2.24) is 5.32 Å². The molecule has 0 saturated carbocycles. The molecule has 0 unspecified atom stereocenters. The molecule has 2 rings (SSSR count). The van der Waals surface area contributed by atoms with Gasteiger partial charge < -0.3 is 5.32 Å². The molecule has 37 heavy (non-hydrogen) atoms. The Morgan fingerprint density at radius 1 is 0.838 bits per heavy atom. The Balaban J connectivity index is 0. The summed E-state index contributed by atoms with van der Waals surface area (Å²) in [4.78, 5) is 0. The summed E-state index contributed by atoms with van der Waals surface area (Å²) < 4.78 is 0. The van der Waals surface area contributed by atoms with Gasteiger partial charge in [0.1, 0.15) is 0 Å². The van der Waals surface area contributed by atoms with Crippen molar-refractivity contribution in [2.75, 3.05) is 13.1 Å². The van der Waals surface area contributed by atoms with Gasteiger partial charge in [-0.05, 0) is 75.8 Å². The first-order valence-corrected chi connectivity index (χ1v) is 14.5. The number of allylic oxidation sites excluding steroid dienone is 3. The molecule has 0 atom stereocenters. The average molecular weight is 524 g/mol. The molecular formula is C35H54ClN. The van der Waals surface area contributed by atoms with E-state index < -0.39 is 0 Å². The van der Waals surface area contributed by atoms with Gasteiger partial charge in [0.15, 0.2) is 0 Å². The van der Waals surface area contributed by atoms with Crippen molar-refractivity contribution in [1.29, 1.82) is 0 Å². The van der Waals surface area contributed by atoms with Gasteiger partial charge in [-0.15, -0.1) is 12.8 Å². The quantitative estimate of drug-likeness (QED) is 0.166. The zero-order chi connectivity index (χ0) is 28.5. The molecule has 206 valence electrons. The summed E-state index contributed by atoms with van der Waals surface area (Å²) in [6.45, 7) is 18.8. The van der Waals surface area contributed by atoms with Crippen LogP contribution in [0.25, 0.3) is 0 Å². The minimum Gasteiger partial charge on any atom is -0.313 e. The summed E-state index contributed by atoms with van der Waals surface area (Å²) in [6.07, 6.45) is 18.3. The maximum atomic E-state index is 6.60. The summed E-state index contributed by atoms with van der Waals surface area (Å²) in [6, 6.07) is 17.7. The predicted molar refractivity (Wildman–Crippen MR) is 171 cm³/mol. The van der Waals surface area contributed by atoms with E-state index in [1.54, 1.807) is 0 Å². The van der Waals surface area contributed by atoms with Gasteiger partial charge in [-0.25, -0.2) is 0 Å². The molecule has 0 saturated heterocycles. The first-order valence-electron chi connectivity index (χ1n) is 14.1. The number of hydrogen-bond acceptors (Lipinski definition) is 1. The highest BCUT2D eigenvalue weighted by Gasteiger charge is 2.02. The Morgan fingerprint density at radius 2 is 1.43 bits per heavy atom. The second-order valence-electron chi connectivity index (χ2n) is 9.13. The molecule has 1 N–H and O–H groups in total. The molecule has 0 fully saturated rings.